The van der Waals surface area contributed by atoms with E-state index in [-0.39, 0.29) is 6.04 Å². The van der Waals surface area contributed by atoms with Crippen LogP contribution in [0.2, 0.25) is 5.02 Å². The molecular formula is C13H13BrClNS. The Morgan fingerprint density at radius 1 is 1.41 bits per heavy atom. The number of hydrogen-bond donors (Lipinski definition) is 1. The predicted octanol–water partition coefficient (Wildman–Crippen LogP) is 4.71. The molecule has 1 atom stereocenters. The van der Waals surface area contributed by atoms with Gasteiger partial charge < -0.3 is 5.73 Å². The van der Waals surface area contributed by atoms with Gasteiger partial charge in [-0.1, -0.05) is 29.8 Å². The van der Waals surface area contributed by atoms with E-state index in [2.05, 4.69) is 28.9 Å². The van der Waals surface area contributed by atoms with Crippen molar-refractivity contribution in [2.45, 2.75) is 19.4 Å². The summed E-state index contributed by atoms with van der Waals surface area (Å²) in [6.45, 7) is 2.09. The molecule has 0 aliphatic rings. The molecule has 0 spiro atoms. The van der Waals surface area contributed by atoms with E-state index in [1.54, 1.807) is 11.3 Å². The molecule has 2 rings (SSSR count). The first-order valence-corrected chi connectivity index (χ1v) is 7.31. The Morgan fingerprint density at radius 2 is 2.12 bits per heavy atom. The Kier molecular flexibility index (Phi) is 4.26. The molecule has 1 heterocycles. The van der Waals surface area contributed by atoms with Gasteiger partial charge in [-0.15, -0.1) is 11.3 Å². The molecule has 1 nitrogen and oxygen atoms in total. The number of rotatable bonds is 3. The number of nitrogens with two attached hydrogens (primary N) is 1. The van der Waals surface area contributed by atoms with E-state index < -0.39 is 0 Å². The maximum absolute atomic E-state index is 6.24. The molecule has 0 fully saturated rings. The Morgan fingerprint density at radius 3 is 2.71 bits per heavy atom. The zero-order valence-corrected chi connectivity index (χ0v) is 12.6. The minimum Gasteiger partial charge on any atom is -0.324 e. The van der Waals surface area contributed by atoms with Crippen molar-refractivity contribution in [3.05, 3.63) is 55.1 Å². The van der Waals surface area contributed by atoms with Crippen LogP contribution < -0.4 is 5.73 Å². The van der Waals surface area contributed by atoms with E-state index in [0.29, 0.717) is 0 Å². The molecule has 17 heavy (non-hydrogen) atoms. The Labute approximate surface area is 119 Å². The van der Waals surface area contributed by atoms with Crippen molar-refractivity contribution >= 4 is 38.9 Å². The molecule has 1 aromatic heterocycles. The zero-order chi connectivity index (χ0) is 12.4. The fourth-order valence-corrected chi connectivity index (χ4v) is 3.83. The topological polar surface area (TPSA) is 26.0 Å². The van der Waals surface area contributed by atoms with Gasteiger partial charge in [0.1, 0.15) is 0 Å². The number of aryl methyl sites for hydroxylation is 1. The number of benzene rings is 1. The van der Waals surface area contributed by atoms with Gasteiger partial charge >= 0.3 is 0 Å². The molecule has 0 aliphatic heterocycles. The van der Waals surface area contributed by atoms with Crippen molar-refractivity contribution in [2.75, 3.05) is 0 Å². The van der Waals surface area contributed by atoms with Crippen LogP contribution in [0.3, 0.4) is 0 Å². The maximum atomic E-state index is 6.24. The minimum atomic E-state index is -0.00236. The molecule has 0 saturated heterocycles. The summed E-state index contributed by atoms with van der Waals surface area (Å²) in [5.74, 6) is 0. The molecule has 0 aliphatic carbocycles. The highest BCUT2D eigenvalue weighted by molar-refractivity contribution is 9.11. The minimum absolute atomic E-state index is 0.00236. The second kappa shape index (κ2) is 5.53. The summed E-state index contributed by atoms with van der Waals surface area (Å²) in [5, 5.41) is 0.787. The van der Waals surface area contributed by atoms with Gasteiger partial charge in [0.2, 0.25) is 0 Å². The average Bonchev–Trinajstić information content (AvgIpc) is 2.61. The van der Waals surface area contributed by atoms with Gasteiger partial charge in [0.05, 0.1) is 3.79 Å². The third kappa shape index (κ3) is 3.10. The fraction of sp³-hybridized carbons (Fsp3) is 0.231. The van der Waals surface area contributed by atoms with Gasteiger partial charge in [0, 0.05) is 15.9 Å². The first-order valence-electron chi connectivity index (χ1n) is 5.32. The monoisotopic (exact) mass is 329 g/mol. The van der Waals surface area contributed by atoms with Crippen LogP contribution in [-0.2, 0) is 6.42 Å². The molecule has 0 amide bonds. The van der Waals surface area contributed by atoms with Crippen LogP contribution in [0.1, 0.15) is 22.0 Å². The Hall–Kier alpha value is -0.350. The molecule has 90 valence electrons. The Balaban J connectivity index is 2.20. The van der Waals surface area contributed by atoms with E-state index in [1.807, 2.05) is 24.3 Å². The molecule has 0 saturated carbocycles. The molecule has 4 heteroatoms. The lowest BCUT2D eigenvalue weighted by Crippen LogP contribution is -2.13. The van der Waals surface area contributed by atoms with Crippen molar-refractivity contribution in [2.24, 2.45) is 5.73 Å². The largest absolute Gasteiger partial charge is 0.324 e. The van der Waals surface area contributed by atoms with E-state index >= 15 is 0 Å². The van der Waals surface area contributed by atoms with Crippen molar-refractivity contribution in [3.8, 4) is 0 Å². The summed E-state index contributed by atoms with van der Waals surface area (Å²) in [6, 6.07) is 9.95. The summed E-state index contributed by atoms with van der Waals surface area (Å²) in [5.41, 5.74) is 8.53. The number of thiophene rings is 1. The van der Waals surface area contributed by atoms with Crippen LogP contribution in [0.4, 0.5) is 0 Å². The van der Waals surface area contributed by atoms with Gasteiger partial charge in [-0.2, -0.15) is 0 Å². The van der Waals surface area contributed by atoms with Crippen molar-refractivity contribution in [3.63, 3.8) is 0 Å². The van der Waals surface area contributed by atoms with E-state index in [0.717, 1.165) is 20.8 Å². The lowest BCUT2D eigenvalue weighted by Gasteiger charge is -2.12. The molecule has 1 unspecified atom stereocenters. The zero-order valence-electron chi connectivity index (χ0n) is 9.41. The summed E-state index contributed by atoms with van der Waals surface area (Å²) >= 11 is 11.3. The van der Waals surface area contributed by atoms with Crippen LogP contribution >= 0.6 is 38.9 Å². The summed E-state index contributed by atoms with van der Waals surface area (Å²) in [7, 11) is 0. The first-order chi connectivity index (χ1) is 8.08. The Bertz CT molecular complexity index is 524. The second-order valence-electron chi connectivity index (χ2n) is 3.96. The molecule has 2 N–H and O–H groups in total. The third-order valence-corrected chi connectivity index (χ3v) is 4.66. The highest BCUT2D eigenvalue weighted by Gasteiger charge is 2.13. The van der Waals surface area contributed by atoms with Crippen molar-refractivity contribution < 1.29 is 0 Å². The second-order valence-corrected chi connectivity index (χ2v) is 7.01. The van der Waals surface area contributed by atoms with Crippen molar-refractivity contribution in [1.82, 2.24) is 0 Å². The SMILES string of the molecule is Cc1sc(Br)cc1C(N)Cc1ccccc1Cl. The van der Waals surface area contributed by atoms with Crippen LogP contribution in [0.5, 0.6) is 0 Å². The maximum Gasteiger partial charge on any atom is 0.0704 e. The van der Waals surface area contributed by atoms with E-state index in [9.17, 15) is 0 Å². The van der Waals surface area contributed by atoms with Crippen LogP contribution in [-0.4, -0.2) is 0 Å². The normalized spacial score (nSPS) is 12.7. The van der Waals surface area contributed by atoms with Crippen LogP contribution in [0.25, 0.3) is 0 Å². The fourth-order valence-electron chi connectivity index (χ4n) is 1.84. The molecule has 0 bridgehead atoms. The van der Waals surface area contributed by atoms with Crippen LogP contribution in [0, 0.1) is 6.92 Å². The van der Waals surface area contributed by atoms with Crippen molar-refractivity contribution in [1.29, 1.82) is 0 Å². The highest BCUT2D eigenvalue weighted by Crippen LogP contribution is 2.31. The standard InChI is InChI=1S/C13H13BrClNS/c1-8-10(7-13(14)17-8)12(16)6-9-4-2-3-5-11(9)15/h2-5,7,12H,6,16H2,1H3. The quantitative estimate of drug-likeness (QED) is 0.866. The molecule has 0 radical (unpaired) electrons. The van der Waals surface area contributed by atoms with Gasteiger partial charge in [-0.05, 0) is 52.5 Å². The lowest BCUT2D eigenvalue weighted by atomic mass is 10.0. The number of hydrogen-bond acceptors (Lipinski definition) is 2. The lowest BCUT2D eigenvalue weighted by molar-refractivity contribution is 0.721. The summed E-state index contributed by atoms with van der Waals surface area (Å²) in [4.78, 5) is 1.26. The average molecular weight is 331 g/mol. The molecule has 2 aromatic rings. The smallest absolute Gasteiger partial charge is 0.0704 e. The summed E-state index contributed by atoms with van der Waals surface area (Å²) in [6.07, 6.45) is 0.768. The summed E-state index contributed by atoms with van der Waals surface area (Å²) < 4.78 is 1.12. The van der Waals surface area contributed by atoms with Gasteiger partial charge in [-0.25, -0.2) is 0 Å². The van der Waals surface area contributed by atoms with Gasteiger partial charge in [0.15, 0.2) is 0 Å². The van der Waals surface area contributed by atoms with E-state index in [1.165, 1.54) is 10.4 Å². The first kappa shape index (κ1) is 13.1. The predicted molar refractivity (Wildman–Crippen MR) is 78.8 cm³/mol. The molecule has 1 aromatic carbocycles. The highest BCUT2D eigenvalue weighted by atomic mass is 79.9. The van der Waals surface area contributed by atoms with Gasteiger partial charge in [0.25, 0.3) is 0 Å². The molecular weight excluding hydrogens is 318 g/mol. The van der Waals surface area contributed by atoms with E-state index in [4.69, 9.17) is 17.3 Å². The van der Waals surface area contributed by atoms with Crippen LogP contribution in [0.15, 0.2) is 34.1 Å². The third-order valence-electron chi connectivity index (χ3n) is 2.72. The van der Waals surface area contributed by atoms with Gasteiger partial charge in [-0.3, -0.25) is 0 Å². The number of halogens is 2.